The molecule has 15 heavy (non-hydrogen) atoms. The monoisotopic (exact) mass is 212 g/mol. The molecule has 1 heterocycles. The van der Waals surface area contributed by atoms with Gasteiger partial charge in [-0.05, 0) is 38.5 Å². The maximum atomic E-state index is 11.8. The number of likely N-dealkylation sites (tertiary alicyclic amines) is 1. The Morgan fingerprint density at radius 1 is 1.47 bits per heavy atom. The van der Waals surface area contributed by atoms with Crippen LogP contribution in [0.15, 0.2) is 0 Å². The average Bonchev–Trinajstić information content (AvgIpc) is 2.18. The molecule has 1 atom stereocenters. The SMILES string of the molecule is CC(N)CCCC(=O)N1CCC(C)CC1. The molecular formula is C12H24N2O. The van der Waals surface area contributed by atoms with Crippen LogP contribution in [-0.2, 0) is 4.79 Å². The van der Waals surface area contributed by atoms with Gasteiger partial charge >= 0.3 is 0 Å². The second-order valence-corrected chi connectivity index (χ2v) is 4.93. The first-order valence-electron chi connectivity index (χ1n) is 6.13. The van der Waals surface area contributed by atoms with Gasteiger partial charge < -0.3 is 10.6 Å². The molecular weight excluding hydrogens is 188 g/mol. The summed E-state index contributed by atoms with van der Waals surface area (Å²) in [6.07, 6.45) is 4.90. The van der Waals surface area contributed by atoms with Crippen molar-refractivity contribution >= 4 is 5.91 Å². The van der Waals surface area contributed by atoms with Gasteiger partial charge in [0.25, 0.3) is 0 Å². The van der Waals surface area contributed by atoms with Crippen LogP contribution in [0.5, 0.6) is 0 Å². The zero-order valence-electron chi connectivity index (χ0n) is 10.0. The largest absolute Gasteiger partial charge is 0.343 e. The molecule has 1 aliphatic rings. The van der Waals surface area contributed by atoms with Gasteiger partial charge in [0.1, 0.15) is 0 Å². The third kappa shape index (κ3) is 4.65. The first-order valence-corrected chi connectivity index (χ1v) is 6.13. The van der Waals surface area contributed by atoms with Crippen LogP contribution >= 0.6 is 0 Å². The maximum Gasteiger partial charge on any atom is 0.222 e. The van der Waals surface area contributed by atoms with Gasteiger partial charge in [-0.3, -0.25) is 4.79 Å². The van der Waals surface area contributed by atoms with E-state index in [0.29, 0.717) is 12.3 Å². The Kier molecular flexibility index (Phi) is 5.09. The molecule has 0 spiro atoms. The Labute approximate surface area is 93.0 Å². The maximum absolute atomic E-state index is 11.8. The van der Waals surface area contributed by atoms with Crippen LogP contribution in [0.4, 0.5) is 0 Å². The highest BCUT2D eigenvalue weighted by Crippen LogP contribution is 2.17. The minimum absolute atomic E-state index is 0.221. The van der Waals surface area contributed by atoms with Crippen LogP contribution in [0.3, 0.4) is 0 Å². The van der Waals surface area contributed by atoms with Crippen molar-refractivity contribution in [1.29, 1.82) is 0 Å². The average molecular weight is 212 g/mol. The molecule has 1 unspecified atom stereocenters. The highest BCUT2D eigenvalue weighted by atomic mass is 16.2. The van der Waals surface area contributed by atoms with E-state index in [4.69, 9.17) is 5.73 Å². The Morgan fingerprint density at radius 3 is 2.60 bits per heavy atom. The minimum atomic E-state index is 0.221. The van der Waals surface area contributed by atoms with E-state index in [9.17, 15) is 4.79 Å². The van der Waals surface area contributed by atoms with Gasteiger partial charge in [-0.1, -0.05) is 6.92 Å². The number of amides is 1. The third-order valence-electron chi connectivity index (χ3n) is 3.19. The summed E-state index contributed by atoms with van der Waals surface area (Å²) in [6, 6.07) is 0.221. The van der Waals surface area contributed by atoms with Crippen molar-refractivity contribution in [3.05, 3.63) is 0 Å². The number of nitrogens with two attached hydrogens (primary N) is 1. The van der Waals surface area contributed by atoms with Crippen molar-refractivity contribution in [1.82, 2.24) is 4.90 Å². The van der Waals surface area contributed by atoms with E-state index in [-0.39, 0.29) is 6.04 Å². The molecule has 0 aromatic heterocycles. The minimum Gasteiger partial charge on any atom is -0.343 e. The van der Waals surface area contributed by atoms with E-state index >= 15 is 0 Å². The topological polar surface area (TPSA) is 46.3 Å². The quantitative estimate of drug-likeness (QED) is 0.772. The van der Waals surface area contributed by atoms with E-state index in [0.717, 1.165) is 31.8 Å². The van der Waals surface area contributed by atoms with E-state index in [1.807, 2.05) is 11.8 Å². The summed E-state index contributed by atoms with van der Waals surface area (Å²) in [5.74, 6) is 1.11. The van der Waals surface area contributed by atoms with Crippen LogP contribution in [0, 0.1) is 5.92 Å². The number of hydrogen-bond acceptors (Lipinski definition) is 2. The second kappa shape index (κ2) is 6.11. The normalized spacial score (nSPS) is 20.3. The van der Waals surface area contributed by atoms with Gasteiger partial charge in [0, 0.05) is 25.6 Å². The summed E-state index contributed by atoms with van der Waals surface area (Å²) in [4.78, 5) is 13.8. The van der Waals surface area contributed by atoms with Crippen molar-refractivity contribution < 1.29 is 4.79 Å². The molecule has 1 amide bonds. The fourth-order valence-electron chi connectivity index (χ4n) is 1.99. The first-order chi connectivity index (χ1) is 7.09. The molecule has 0 bridgehead atoms. The fraction of sp³-hybridized carbons (Fsp3) is 0.917. The summed E-state index contributed by atoms with van der Waals surface area (Å²) in [5, 5.41) is 0. The Bertz CT molecular complexity index is 196. The molecule has 0 aromatic carbocycles. The van der Waals surface area contributed by atoms with E-state index in [2.05, 4.69) is 6.92 Å². The second-order valence-electron chi connectivity index (χ2n) is 4.93. The van der Waals surface area contributed by atoms with Crippen LogP contribution in [0.2, 0.25) is 0 Å². The van der Waals surface area contributed by atoms with Crippen LogP contribution < -0.4 is 5.73 Å². The lowest BCUT2D eigenvalue weighted by molar-refractivity contribution is -0.132. The number of carbonyl (C=O) groups is 1. The molecule has 0 saturated carbocycles. The van der Waals surface area contributed by atoms with Gasteiger partial charge in [0.2, 0.25) is 5.91 Å². The van der Waals surface area contributed by atoms with Crippen molar-refractivity contribution in [3.63, 3.8) is 0 Å². The Hall–Kier alpha value is -0.570. The van der Waals surface area contributed by atoms with Gasteiger partial charge in [0.05, 0.1) is 0 Å². The smallest absolute Gasteiger partial charge is 0.222 e. The predicted molar refractivity (Wildman–Crippen MR) is 62.5 cm³/mol. The lowest BCUT2D eigenvalue weighted by Gasteiger charge is -2.30. The van der Waals surface area contributed by atoms with E-state index in [1.165, 1.54) is 12.8 Å². The summed E-state index contributed by atoms with van der Waals surface area (Å²) in [7, 11) is 0. The van der Waals surface area contributed by atoms with Crippen LogP contribution in [0.1, 0.15) is 46.0 Å². The molecule has 3 heteroatoms. The highest BCUT2D eigenvalue weighted by molar-refractivity contribution is 5.76. The van der Waals surface area contributed by atoms with Crippen molar-refractivity contribution in [2.24, 2.45) is 11.7 Å². The summed E-state index contributed by atoms with van der Waals surface area (Å²) < 4.78 is 0. The van der Waals surface area contributed by atoms with Crippen molar-refractivity contribution in [3.8, 4) is 0 Å². The molecule has 1 saturated heterocycles. The van der Waals surface area contributed by atoms with E-state index in [1.54, 1.807) is 0 Å². The third-order valence-corrected chi connectivity index (χ3v) is 3.19. The molecule has 0 radical (unpaired) electrons. The number of piperidine rings is 1. The molecule has 1 rings (SSSR count). The molecule has 2 N–H and O–H groups in total. The van der Waals surface area contributed by atoms with Crippen molar-refractivity contribution in [2.75, 3.05) is 13.1 Å². The van der Waals surface area contributed by atoms with Gasteiger partial charge in [-0.15, -0.1) is 0 Å². The fourth-order valence-corrected chi connectivity index (χ4v) is 1.99. The van der Waals surface area contributed by atoms with Crippen LogP contribution in [-0.4, -0.2) is 29.9 Å². The lowest BCUT2D eigenvalue weighted by Crippen LogP contribution is -2.37. The summed E-state index contributed by atoms with van der Waals surface area (Å²) >= 11 is 0. The number of rotatable bonds is 4. The van der Waals surface area contributed by atoms with Gasteiger partial charge in [0.15, 0.2) is 0 Å². The molecule has 1 fully saturated rings. The van der Waals surface area contributed by atoms with Crippen molar-refractivity contribution in [2.45, 2.75) is 52.0 Å². The zero-order valence-corrected chi connectivity index (χ0v) is 10.0. The van der Waals surface area contributed by atoms with Gasteiger partial charge in [-0.25, -0.2) is 0 Å². The predicted octanol–water partition coefficient (Wildman–Crippen LogP) is 1.76. The van der Waals surface area contributed by atoms with E-state index < -0.39 is 0 Å². The molecule has 0 aromatic rings. The Morgan fingerprint density at radius 2 is 2.07 bits per heavy atom. The molecule has 1 aliphatic heterocycles. The first kappa shape index (κ1) is 12.5. The number of carbonyl (C=O) groups excluding carboxylic acids is 1. The Balaban J connectivity index is 2.17. The zero-order chi connectivity index (χ0) is 11.3. The summed E-state index contributed by atoms with van der Waals surface area (Å²) in [6.45, 7) is 6.17. The molecule has 88 valence electrons. The van der Waals surface area contributed by atoms with Crippen LogP contribution in [0.25, 0.3) is 0 Å². The number of nitrogens with zero attached hydrogens (tertiary/aromatic N) is 1. The van der Waals surface area contributed by atoms with Gasteiger partial charge in [-0.2, -0.15) is 0 Å². The lowest BCUT2D eigenvalue weighted by atomic mass is 9.99. The standard InChI is InChI=1S/C12H24N2O/c1-10-6-8-14(9-7-10)12(15)5-3-4-11(2)13/h10-11H,3-9,13H2,1-2H3. The number of hydrogen-bond donors (Lipinski definition) is 1. The summed E-state index contributed by atoms with van der Waals surface area (Å²) in [5.41, 5.74) is 5.65. The molecule has 0 aliphatic carbocycles. The highest BCUT2D eigenvalue weighted by Gasteiger charge is 2.19. The molecule has 3 nitrogen and oxygen atoms in total.